The maximum Gasteiger partial charge on any atom is 0.255 e. The number of ketones is 1. The quantitative estimate of drug-likeness (QED) is 0.825. The summed E-state index contributed by atoms with van der Waals surface area (Å²) in [7, 11) is 0. The highest BCUT2D eigenvalue weighted by atomic mass is 16.2. The number of rotatable bonds is 6. The third-order valence-electron chi connectivity index (χ3n) is 4.69. The number of nitrogens with one attached hydrogen (secondary N) is 2. The molecular formula is C21H24N2O3. The zero-order valence-corrected chi connectivity index (χ0v) is 15.2. The van der Waals surface area contributed by atoms with E-state index in [4.69, 9.17) is 0 Å². The van der Waals surface area contributed by atoms with E-state index >= 15 is 0 Å². The van der Waals surface area contributed by atoms with Crippen molar-refractivity contribution in [2.24, 2.45) is 5.92 Å². The molecule has 2 aliphatic rings. The van der Waals surface area contributed by atoms with Gasteiger partial charge in [0.1, 0.15) is 0 Å². The summed E-state index contributed by atoms with van der Waals surface area (Å²) in [6.45, 7) is 3.90. The van der Waals surface area contributed by atoms with Gasteiger partial charge >= 0.3 is 0 Å². The van der Waals surface area contributed by atoms with Crippen molar-refractivity contribution >= 4 is 23.3 Å². The average molecular weight is 352 g/mol. The van der Waals surface area contributed by atoms with E-state index in [1.165, 1.54) is 6.08 Å². The molecule has 1 saturated carbocycles. The number of aryl methyl sites for hydroxylation is 1. The molecule has 5 nitrogen and oxygen atoms in total. The molecule has 3 rings (SSSR count). The summed E-state index contributed by atoms with van der Waals surface area (Å²) in [6.07, 6.45) is 8.67. The van der Waals surface area contributed by atoms with E-state index in [0.29, 0.717) is 16.8 Å². The molecule has 2 aliphatic carbocycles. The SMILES string of the molecule is CCCC1C=CC(C(=O)Nc2cc(C(=O)NC3CC3)ccc2C)=CC1=O. The van der Waals surface area contributed by atoms with Crippen LogP contribution in [0.15, 0.2) is 42.0 Å². The molecule has 136 valence electrons. The maximum atomic E-state index is 12.5. The highest BCUT2D eigenvalue weighted by molar-refractivity contribution is 6.12. The first kappa shape index (κ1) is 18.1. The second-order valence-corrected chi connectivity index (χ2v) is 6.99. The van der Waals surface area contributed by atoms with Crippen molar-refractivity contribution in [2.45, 2.75) is 45.6 Å². The standard InChI is InChI=1S/C21H24N2O3/c1-3-4-14-7-8-16(12-19(14)24)21(26)23-18-11-15(6-5-13(18)2)20(25)22-17-9-10-17/h5-8,11-12,14,17H,3-4,9-10H2,1-2H3,(H,22,25)(H,23,26). The number of hydrogen-bond acceptors (Lipinski definition) is 3. The summed E-state index contributed by atoms with van der Waals surface area (Å²) >= 11 is 0. The summed E-state index contributed by atoms with van der Waals surface area (Å²) in [5, 5.41) is 5.76. The molecule has 0 radical (unpaired) electrons. The fourth-order valence-electron chi connectivity index (χ4n) is 2.90. The number of carbonyl (C=O) groups excluding carboxylic acids is 3. The van der Waals surface area contributed by atoms with Gasteiger partial charge in [0.05, 0.1) is 0 Å². The van der Waals surface area contributed by atoms with Crippen LogP contribution in [0.3, 0.4) is 0 Å². The van der Waals surface area contributed by atoms with Crippen LogP contribution in [0, 0.1) is 12.8 Å². The van der Waals surface area contributed by atoms with E-state index < -0.39 is 0 Å². The zero-order chi connectivity index (χ0) is 18.7. The molecule has 1 unspecified atom stereocenters. The summed E-state index contributed by atoms with van der Waals surface area (Å²) in [6, 6.07) is 5.52. The van der Waals surface area contributed by atoms with Gasteiger partial charge in [-0.2, -0.15) is 0 Å². The Morgan fingerprint density at radius 3 is 2.62 bits per heavy atom. The van der Waals surface area contributed by atoms with E-state index in [-0.39, 0.29) is 29.6 Å². The van der Waals surface area contributed by atoms with Gasteiger partial charge in [0, 0.05) is 28.8 Å². The third-order valence-corrected chi connectivity index (χ3v) is 4.69. The number of benzene rings is 1. The molecule has 1 aromatic carbocycles. The lowest BCUT2D eigenvalue weighted by Crippen LogP contribution is -2.25. The molecule has 0 spiro atoms. The normalized spacial score (nSPS) is 19.1. The Balaban J connectivity index is 1.71. The third kappa shape index (κ3) is 4.28. The van der Waals surface area contributed by atoms with Gasteiger partial charge in [0.2, 0.25) is 0 Å². The Bertz CT molecular complexity index is 803. The molecule has 0 saturated heterocycles. The molecule has 5 heteroatoms. The molecule has 0 heterocycles. The molecule has 1 atom stereocenters. The predicted octanol–water partition coefficient (Wildman–Crippen LogP) is 3.31. The Morgan fingerprint density at radius 1 is 1.19 bits per heavy atom. The molecular weight excluding hydrogens is 328 g/mol. The van der Waals surface area contributed by atoms with Crippen LogP contribution < -0.4 is 10.6 Å². The van der Waals surface area contributed by atoms with Crippen molar-refractivity contribution in [1.29, 1.82) is 0 Å². The van der Waals surface area contributed by atoms with E-state index in [2.05, 4.69) is 10.6 Å². The smallest absolute Gasteiger partial charge is 0.255 e. The fourth-order valence-corrected chi connectivity index (χ4v) is 2.90. The monoisotopic (exact) mass is 352 g/mol. The summed E-state index contributed by atoms with van der Waals surface area (Å²) in [5.41, 5.74) is 2.30. The average Bonchev–Trinajstić information content (AvgIpc) is 3.42. The molecule has 0 aromatic heterocycles. The molecule has 26 heavy (non-hydrogen) atoms. The minimum absolute atomic E-state index is 0.0335. The predicted molar refractivity (Wildman–Crippen MR) is 101 cm³/mol. The van der Waals surface area contributed by atoms with Crippen LogP contribution in [0.25, 0.3) is 0 Å². The van der Waals surface area contributed by atoms with Gasteiger partial charge in [-0.3, -0.25) is 14.4 Å². The van der Waals surface area contributed by atoms with Gasteiger partial charge < -0.3 is 10.6 Å². The minimum Gasteiger partial charge on any atom is -0.349 e. The molecule has 0 aliphatic heterocycles. The number of hydrogen-bond donors (Lipinski definition) is 2. The Labute approximate surface area is 153 Å². The molecule has 1 fully saturated rings. The Kier molecular flexibility index (Phi) is 5.35. The lowest BCUT2D eigenvalue weighted by Gasteiger charge is -2.15. The first-order chi connectivity index (χ1) is 12.5. The van der Waals surface area contributed by atoms with E-state index in [9.17, 15) is 14.4 Å². The van der Waals surface area contributed by atoms with Gasteiger partial charge in [-0.25, -0.2) is 0 Å². The lowest BCUT2D eigenvalue weighted by molar-refractivity contribution is -0.118. The van der Waals surface area contributed by atoms with Crippen molar-refractivity contribution in [1.82, 2.24) is 5.32 Å². The topological polar surface area (TPSA) is 75.3 Å². The Morgan fingerprint density at radius 2 is 1.96 bits per heavy atom. The number of allylic oxidation sites excluding steroid dienone is 2. The highest BCUT2D eigenvalue weighted by Crippen LogP contribution is 2.23. The van der Waals surface area contributed by atoms with Crippen LogP contribution in [-0.4, -0.2) is 23.6 Å². The fraction of sp³-hybridized carbons (Fsp3) is 0.381. The van der Waals surface area contributed by atoms with Gasteiger partial charge in [-0.1, -0.05) is 31.6 Å². The van der Waals surface area contributed by atoms with Gasteiger partial charge in [0.25, 0.3) is 11.8 Å². The van der Waals surface area contributed by atoms with Crippen LogP contribution in [0.2, 0.25) is 0 Å². The van der Waals surface area contributed by atoms with Crippen LogP contribution in [-0.2, 0) is 9.59 Å². The second kappa shape index (κ2) is 7.68. The van der Waals surface area contributed by atoms with Crippen molar-refractivity contribution in [3.63, 3.8) is 0 Å². The first-order valence-corrected chi connectivity index (χ1v) is 9.14. The second-order valence-electron chi connectivity index (χ2n) is 6.99. The lowest BCUT2D eigenvalue weighted by atomic mass is 9.91. The maximum absolute atomic E-state index is 12.5. The van der Waals surface area contributed by atoms with Crippen molar-refractivity contribution in [3.8, 4) is 0 Å². The van der Waals surface area contributed by atoms with Gasteiger partial charge in [-0.05, 0) is 50.0 Å². The largest absolute Gasteiger partial charge is 0.349 e. The molecule has 1 aromatic rings. The van der Waals surface area contributed by atoms with E-state index in [1.807, 2.05) is 19.9 Å². The van der Waals surface area contributed by atoms with Crippen LogP contribution in [0.5, 0.6) is 0 Å². The van der Waals surface area contributed by atoms with Crippen LogP contribution in [0.4, 0.5) is 5.69 Å². The van der Waals surface area contributed by atoms with Crippen LogP contribution >= 0.6 is 0 Å². The number of amides is 2. The summed E-state index contributed by atoms with van der Waals surface area (Å²) in [4.78, 5) is 36.8. The number of anilines is 1. The highest BCUT2D eigenvalue weighted by Gasteiger charge is 2.24. The molecule has 2 N–H and O–H groups in total. The van der Waals surface area contributed by atoms with Gasteiger partial charge in [-0.15, -0.1) is 0 Å². The zero-order valence-electron chi connectivity index (χ0n) is 15.2. The van der Waals surface area contributed by atoms with E-state index in [0.717, 1.165) is 31.2 Å². The summed E-state index contributed by atoms with van der Waals surface area (Å²) in [5.74, 6) is -0.633. The van der Waals surface area contributed by atoms with Gasteiger partial charge in [0.15, 0.2) is 5.78 Å². The summed E-state index contributed by atoms with van der Waals surface area (Å²) < 4.78 is 0. The molecule has 0 bridgehead atoms. The van der Waals surface area contributed by atoms with Crippen molar-refractivity contribution in [2.75, 3.05) is 5.32 Å². The van der Waals surface area contributed by atoms with Crippen LogP contribution in [0.1, 0.15) is 48.5 Å². The Hall–Kier alpha value is -2.69. The first-order valence-electron chi connectivity index (χ1n) is 9.14. The minimum atomic E-state index is -0.340. The number of carbonyl (C=O) groups is 3. The van der Waals surface area contributed by atoms with Crippen molar-refractivity contribution in [3.05, 3.63) is 53.1 Å². The molecule has 2 amide bonds. The van der Waals surface area contributed by atoms with E-state index in [1.54, 1.807) is 24.3 Å². The van der Waals surface area contributed by atoms with Crippen molar-refractivity contribution < 1.29 is 14.4 Å².